The van der Waals surface area contributed by atoms with E-state index in [0.717, 1.165) is 36.6 Å². The lowest BCUT2D eigenvalue weighted by Gasteiger charge is -2.44. The molecule has 1 amide bonds. The van der Waals surface area contributed by atoms with Gasteiger partial charge in [-0.3, -0.25) is 4.79 Å². The van der Waals surface area contributed by atoms with Gasteiger partial charge in [-0.1, -0.05) is 12.5 Å². The van der Waals surface area contributed by atoms with Crippen LogP contribution >= 0.6 is 11.3 Å². The van der Waals surface area contributed by atoms with Crippen LogP contribution in [0.15, 0.2) is 24.3 Å². The summed E-state index contributed by atoms with van der Waals surface area (Å²) in [5.74, 6) is -1.14. The summed E-state index contributed by atoms with van der Waals surface area (Å²) < 4.78 is 27.4. The van der Waals surface area contributed by atoms with E-state index in [2.05, 4.69) is 6.07 Å². The molecule has 0 spiro atoms. The number of thiophene rings is 1. The summed E-state index contributed by atoms with van der Waals surface area (Å²) in [6.45, 7) is 0. The number of piperidine rings is 1. The molecular weight excluding hydrogens is 404 g/mol. The van der Waals surface area contributed by atoms with Gasteiger partial charge in [-0.15, -0.1) is 11.3 Å². The molecule has 1 aliphatic carbocycles. The predicted octanol–water partition coefficient (Wildman–Crippen LogP) is 5.04. The highest BCUT2D eigenvalue weighted by molar-refractivity contribution is 7.14. The molecule has 2 saturated heterocycles. The molecule has 2 fully saturated rings. The first-order valence-corrected chi connectivity index (χ1v) is 11.8. The van der Waals surface area contributed by atoms with Crippen LogP contribution in [0.3, 0.4) is 0 Å². The molecule has 2 aromatic rings. The van der Waals surface area contributed by atoms with E-state index in [1.165, 1.54) is 41.8 Å². The Morgan fingerprint density at radius 2 is 1.83 bits per heavy atom. The van der Waals surface area contributed by atoms with Gasteiger partial charge in [-0.2, -0.15) is 0 Å². The van der Waals surface area contributed by atoms with Crippen molar-refractivity contribution >= 4 is 17.2 Å². The molecule has 2 atom stereocenters. The number of carbonyl (C=O) groups is 1. The highest BCUT2D eigenvalue weighted by Gasteiger charge is 2.49. The quantitative estimate of drug-likeness (QED) is 0.692. The van der Waals surface area contributed by atoms with Crippen LogP contribution in [0, 0.1) is 11.6 Å². The summed E-state index contributed by atoms with van der Waals surface area (Å²) in [5.41, 5.74) is 0.613. The Bertz CT molecular complexity index is 935. The number of amides is 1. The molecule has 3 heterocycles. The van der Waals surface area contributed by atoms with Crippen molar-refractivity contribution in [2.45, 2.75) is 81.9 Å². The minimum atomic E-state index is -1.06. The van der Waals surface area contributed by atoms with Crippen molar-refractivity contribution in [3.63, 3.8) is 0 Å². The maximum atomic E-state index is 14.1. The maximum absolute atomic E-state index is 14.1. The molecule has 2 aliphatic heterocycles. The van der Waals surface area contributed by atoms with Crippen LogP contribution in [0.1, 0.15) is 70.6 Å². The normalized spacial score (nSPS) is 28.3. The summed E-state index contributed by atoms with van der Waals surface area (Å²) in [6.07, 6.45) is 8.57. The first kappa shape index (κ1) is 20.1. The molecule has 1 N–H and O–H groups in total. The van der Waals surface area contributed by atoms with Crippen LogP contribution in [0.5, 0.6) is 0 Å². The fourth-order valence-electron chi connectivity index (χ4n) is 5.72. The van der Waals surface area contributed by atoms with Gasteiger partial charge >= 0.3 is 0 Å². The summed E-state index contributed by atoms with van der Waals surface area (Å²) >= 11 is 1.65. The van der Waals surface area contributed by atoms with Gasteiger partial charge in [0.25, 0.3) is 5.91 Å². The molecule has 0 unspecified atom stereocenters. The summed E-state index contributed by atoms with van der Waals surface area (Å²) in [4.78, 5) is 17.6. The van der Waals surface area contributed by atoms with E-state index in [1.54, 1.807) is 11.3 Å². The SMILES string of the molecule is O=C(c1cc2c(s1)CCCCC2)N1[C@H]2CC[C@H]1CC(O)(Cc1ccc(F)cc1F)C2. The summed E-state index contributed by atoms with van der Waals surface area (Å²) in [7, 11) is 0. The largest absolute Gasteiger partial charge is 0.389 e. The lowest BCUT2D eigenvalue weighted by Crippen LogP contribution is -2.54. The second kappa shape index (κ2) is 7.72. The molecule has 30 heavy (non-hydrogen) atoms. The number of fused-ring (bicyclic) bond motifs is 3. The standard InChI is InChI=1S/C24H27F2NO2S/c25-17-7-6-16(20(26)11-17)12-24(29)13-18-8-9-19(14-24)27(18)23(28)22-10-15-4-2-1-3-5-21(15)30-22/h6-7,10-11,18-19,29H,1-5,8-9,12-14H2/t18-,19-/m0/s1. The van der Waals surface area contributed by atoms with Gasteiger partial charge in [0.2, 0.25) is 0 Å². The van der Waals surface area contributed by atoms with Gasteiger partial charge in [0.05, 0.1) is 10.5 Å². The van der Waals surface area contributed by atoms with Crippen molar-refractivity contribution in [3.05, 3.63) is 56.8 Å². The highest BCUT2D eigenvalue weighted by atomic mass is 32.1. The van der Waals surface area contributed by atoms with Crippen molar-refractivity contribution in [1.82, 2.24) is 4.90 Å². The Kier molecular flexibility index (Phi) is 5.18. The molecule has 0 radical (unpaired) electrons. The number of carbonyl (C=O) groups excluding carboxylic acids is 1. The second-order valence-electron chi connectivity index (χ2n) is 9.26. The van der Waals surface area contributed by atoms with Gasteiger partial charge in [0, 0.05) is 29.4 Å². The summed E-state index contributed by atoms with van der Waals surface area (Å²) in [5, 5.41) is 11.2. The van der Waals surface area contributed by atoms with Crippen molar-refractivity contribution in [2.24, 2.45) is 0 Å². The van der Waals surface area contributed by atoms with Crippen molar-refractivity contribution in [3.8, 4) is 0 Å². The van der Waals surface area contributed by atoms with Crippen LogP contribution < -0.4 is 0 Å². The van der Waals surface area contributed by atoms with Gasteiger partial charge in [0.15, 0.2) is 0 Å². The first-order chi connectivity index (χ1) is 14.4. The van der Waals surface area contributed by atoms with Crippen molar-refractivity contribution < 1.29 is 18.7 Å². The molecule has 6 heteroatoms. The molecule has 1 aromatic carbocycles. The lowest BCUT2D eigenvalue weighted by molar-refractivity contribution is -0.0430. The average Bonchev–Trinajstić information content (AvgIpc) is 3.14. The van der Waals surface area contributed by atoms with Crippen LogP contribution in [0.4, 0.5) is 8.78 Å². The number of hydrogen-bond donors (Lipinski definition) is 1. The minimum Gasteiger partial charge on any atom is -0.389 e. The fraction of sp³-hybridized carbons (Fsp3) is 0.542. The maximum Gasteiger partial charge on any atom is 0.264 e. The van der Waals surface area contributed by atoms with Gasteiger partial charge in [-0.05, 0) is 74.6 Å². The number of rotatable bonds is 3. The summed E-state index contributed by atoms with van der Waals surface area (Å²) in [6, 6.07) is 5.57. The second-order valence-corrected chi connectivity index (χ2v) is 10.4. The van der Waals surface area contributed by atoms with E-state index in [-0.39, 0.29) is 24.4 Å². The van der Waals surface area contributed by atoms with Crippen molar-refractivity contribution in [2.75, 3.05) is 0 Å². The molecule has 5 rings (SSSR count). The van der Waals surface area contributed by atoms with Crippen LogP contribution in [0.25, 0.3) is 0 Å². The van der Waals surface area contributed by atoms with E-state index in [0.29, 0.717) is 18.4 Å². The van der Waals surface area contributed by atoms with Crippen LogP contribution in [0.2, 0.25) is 0 Å². The Hall–Kier alpha value is -1.79. The van der Waals surface area contributed by atoms with Gasteiger partial charge in [-0.25, -0.2) is 8.78 Å². The zero-order valence-corrected chi connectivity index (χ0v) is 17.8. The number of benzene rings is 1. The van der Waals surface area contributed by atoms with E-state index in [9.17, 15) is 18.7 Å². The van der Waals surface area contributed by atoms with Crippen LogP contribution in [-0.4, -0.2) is 33.6 Å². The average molecular weight is 432 g/mol. The van der Waals surface area contributed by atoms with E-state index < -0.39 is 17.2 Å². The zero-order chi connectivity index (χ0) is 20.9. The van der Waals surface area contributed by atoms with E-state index in [1.807, 2.05) is 4.90 Å². The number of aliphatic hydroxyl groups is 1. The van der Waals surface area contributed by atoms with E-state index in [4.69, 9.17) is 0 Å². The number of aryl methyl sites for hydroxylation is 2. The van der Waals surface area contributed by atoms with E-state index >= 15 is 0 Å². The third-order valence-electron chi connectivity index (χ3n) is 7.08. The van der Waals surface area contributed by atoms with Crippen LogP contribution in [-0.2, 0) is 19.3 Å². The Morgan fingerprint density at radius 1 is 1.10 bits per heavy atom. The number of nitrogens with zero attached hydrogens (tertiary/aromatic N) is 1. The lowest BCUT2D eigenvalue weighted by atomic mass is 9.81. The molecule has 3 aliphatic rings. The predicted molar refractivity (Wildman–Crippen MR) is 113 cm³/mol. The van der Waals surface area contributed by atoms with Gasteiger partial charge in [0.1, 0.15) is 11.6 Å². The molecule has 2 bridgehead atoms. The van der Waals surface area contributed by atoms with Crippen molar-refractivity contribution in [1.29, 1.82) is 0 Å². The third kappa shape index (κ3) is 3.69. The molecule has 0 saturated carbocycles. The molecular formula is C24H27F2NO2S. The third-order valence-corrected chi connectivity index (χ3v) is 8.30. The minimum absolute atomic E-state index is 0.0216. The topological polar surface area (TPSA) is 40.5 Å². The molecule has 3 nitrogen and oxygen atoms in total. The zero-order valence-electron chi connectivity index (χ0n) is 17.0. The van der Waals surface area contributed by atoms with Gasteiger partial charge < -0.3 is 10.0 Å². The smallest absolute Gasteiger partial charge is 0.264 e. The monoisotopic (exact) mass is 431 g/mol. The Morgan fingerprint density at radius 3 is 2.57 bits per heavy atom. The number of halogens is 2. The first-order valence-electron chi connectivity index (χ1n) is 11.0. The molecule has 160 valence electrons. The molecule has 1 aromatic heterocycles. The fourth-order valence-corrected chi connectivity index (χ4v) is 6.92. The Balaban J connectivity index is 1.33. The number of hydrogen-bond acceptors (Lipinski definition) is 3. The Labute approximate surface area is 179 Å². The highest BCUT2D eigenvalue weighted by Crippen LogP contribution is 2.44.